The van der Waals surface area contributed by atoms with Gasteiger partial charge in [0.25, 0.3) is 5.91 Å². The van der Waals surface area contributed by atoms with Gasteiger partial charge in [-0.3, -0.25) is 14.5 Å². The second-order valence-electron chi connectivity index (χ2n) is 9.38. The molecule has 2 unspecified atom stereocenters. The number of ether oxygens (including phenoxy) is 2. The molecular weight excluding hydrogens is 470 g/mol. The third kappa shape index (κ3) is 5.14. The molecule has 0 aliphatic carbocycles. The topological polar surface area (TPSA) is 97.0 Å². The first-order valence-corrected chi connectivity index (χ1v) is 12.4. The average molecular weight is 500 g/mol. The van der Waals surface area contributed by atoms with Crippen molar-refractivity contribution in [2.75, 3.05) is 19.8 Å². The Morgan fingerprint density at radius 2 is 1.65 bits per heavy atom. The van der Waals surface area contributed by atoms with Crippen LogP contribution in [0.1, 0.15) is 36.1 Å². The zero-order chi connectivity index (χ0) is 25.8. The first-order chi connectivity index (χ1) is 17.9. The molecule has 37 heavy (non-hydrogen) atoms. The molecule has 0 saturated carbocycles. The Labute approximate surface area is 215 Å². The van der Waals surface area contributed by atoms with Crippen LogP contribution in [0.15, 0.2) is 78.9 Å². The van der Waals surface area contributed by atoms with E-state index in [1.807, 2.05) is 60.7 Å². The largest absolute Gasteiger partial charge is 0.490 e. The lowest BCUT2D eigenvalue weighted by Crippen LogP contribution is -2.44. The van der Waals surface area contributed by atoms with Crippen molar-refractivity contribution in [3.8, 4) is 11.5 Å². The van der Waals surface area contributed by atoms with Crippen molar-refractivity contribution >= 4 is 17.8 Å². The highest BCUT2D eigenvalue weighted by atomic mass is 16.5. The lowest BCUT2D eigenvalue weighted by atomic mass is 9.91. The van der Waals surface area contributed by atoms with E-state index in [2.05, 4.69) is 10.6 Å². The zero-order valence-corrected chi connectivity index (χ0v) is 20.6. The molecule has 3 aromatic rings. The van der Waals surface area contributed by atoms with E-state index < -0.39 is 23.4 Å². The summed E-state index contributed by atoms with van der Waals surface area (Å²) in [5, 5.41) is 5.78. The lowest BCUT2D eigenvalue weighted by Gasteiger charge is -2.24. The number of urea groups is 1. The van der Waals surface area contributed by atoms with Crippen LogP contribution in [0.3, 0.4) is 0 Å². The predicted octanol–water partition coefficient (Wildman–Crippen LogP) is 3.72. The minimum atomic E-state index is -1.33. The molecule has 0 bridgehead atoms. The van der Waals surface area contributed by atoms with Gasteiger partial charge in [0.2, 0.25) is 5.91 Å². The van der Waals surface area contributed by atoms with Gasteiger partial charge in [0.05, 0.1) is 19.3 Å². The van der Waals surface area contributed by atoms with Crippen LogP contribution in [-0.4, -0.2) is 42.5 Å². The minimum absolute atomic E-state index is 0.315. The molecule has 2 N–H and O–H groups in total. The molecule has 0 radical (unpaired) electrons. The second-order valence-corrected chi connectivity index (χ2v) is 9.38. The van der Waals surface area contributed by atoms with Gasteiger partial charge in [0.15, 0.2) is 11.5 Å². The Kier molecular flexibility index (Phi) is 6.81. The van der Waals surface area contributed by atoms with Gasteiger partial charge in [-0.1, -0.05) is 66.7 Å². The van der Waals surface area contributed by atoms with Gasteiger partial charge in [0, 0.05) is 6.42 Å². The molecule has 1 fully saturated rings. The van der Waals surface area contributed by atoms with Crippen LogP contribution in [0.25, 0.3) is 0 Å². The van der Waals surface area contributed by atoms with Gasteiger partial charge in [-0.15, -0.1) is 0 Å². The number of hydrogen-bond donors (Lipinski definition) is 2. The van der Waals surface area contributed by atoms with Crippen molar-refractivity contribution in [2.45, 2.75) is 31.3 Å². The summed E-state index contributed by atoms with van der Waals surface area (Å²) in [6.45, 7) is 2.30. The summed E-state index contributed by atoms with van der Waals surface area (Å²) in [6.07, 6.45) is 1.33. The molecule has 2 heterocycles. The fraction of sp³-hybridized carbons (Fsp3) is 0.276. The third-order valence-electron chi connectivity index (χ3n) is 6.72. The van der Waals surface area contributed by atoms with Crippen LogP contribution in [0.4, 0.5) is 4.79 Å². The molecule has 5 rings (SSSR count). The van der Waals surface area contributed by atoms with Crippen LogP contribution in [0.2, 0.25) is 0 Å². The van der Waals surface area contributed by atoms with Crippen molar-refractivity contribution in [3.05, 3.63) is 95.6 Å². The highest BCUT2D eigenvalue weighted by molar-refractivity contribution is 6.09. The molecule has 1 saturated heterocycles. The number of rotatable bonds is 7. The van der Waals surface area contributed by atoms with Gasteiger partial charge in [-0.25, -0.2) is 4.79 Å². The summed E-state index contributed by atoms with van der Waals surface area (Å²) in [4.78, 5) is 40.4. The van der Waals surface area contributed by atoms with E-state index in [1.165, 1.54) is 0 Å². The summed E-state index contributed by atoms with van der Waals surface area (Å²) < 4.78 is 11.4. The Morgan fingerprint density at radius 3 is 2.38 bits per heavy atom. The first kappa shape index (κ1) is 24.4. The number of benzene rings is 3. The van der Waals surface area contributed by atoms with Gasteiger partial charge in [0.1, 0.15) is 12.1 Å². The van der Waals surface area contributed by atoms with Crippen molar-refractivity contribution in [3.63, 3.8) is 0 Å². The summed E-state index contributed by atoms with van der Waals surface area (Å²) in [5.41, 5.74) is 1.23. The molecule has 0 spiro atoms. The summed E-state index contributed by atoms with van der Waals surface area (Å²) in [6, 6.07) is 23.7. The van der Waals surface area contributed by atoms with Gasteiger partial charge >= 0.3 is 6.03 Å². The van der Waals surface area contributed by atoms with E-state index in [4.69, 9.17) is 9.47 Å². The summed E-state index contributed by atoms with van der Waals surface area (Å²) >= 11 is 0. The maximum Gasteiger partial charge on any atom is 0.325 e. The molecule has 8 nitrogen and oxygen atoms in total. The van der Waals surface area contributed by atoms with Crippen LogP contribution >= 0.6 is 0 Å². The lowest BCUT2D eigenvalue weighted by molar-refractivity contribution is -0.135. The molecule has 2 atom stereocenters. The van der Waals surface area contributed by atoms with E-state index in [0.29, 0.717) is 36.7 Å². The van der Waals surface area contributed by atoms with E-state index in [-0.39, 0.29) is 12.6 Å². The van der Waals surface area contributed by atoms with Crippen molar-refractivity contribution in [1.29, 1.82) is 0 Å². The minimum Gasteiger partial charge on any atom is -0.490 e. The van der Waals surface area contributed by atoms with E-state index in [0.717, 1.165) is 22.4 Å². The number of hydrogen-bond acceptors (Lipinski definition) is 5. The molecule has 2 aliphatic heterocycles. The van der Waals surface area contributed by atoms with E-state index in [9.17, 15) is 14.4 Å². The maximum atomic E-state index is 13.4. The Morgan fingerprint density at radius 1 is 0.973 bits per heavy atom. The SMILES string of the molecule is CC1(c2ccc3c(c2)OCCCO3)NC(=O)N(CC(=O)NC(Cc2ccccc2)c2ccccc2)C1=O. The number of fused-ring (bicyclic) bond motifs is 1. The van der Waals surface area contributed by atoms with E-state index in [1.54, 1.807) is 25.1 Å². The summed E-state index contributed by atoms with van der Waals surface area (Å²) in [5.74, 6) is 0.210. The van der Waals surface area contributed by atoms with Crippen LogP contribution in [0, 0.1) is 0 Å². The molecular formula is C29H29N3O5. The number of imide groups is 1. The van der Waals surface area contributed by atoms with Crippen molar-refractivity contribution in [1.82, 2.24) is 15.5 Å². The van der Waals surface area contributed by atoms with Crippen molar-refractivity contribution in [2.24, 2.45) is 0 Å². The van der Waals surface area contributed by atoms with Gasteiger partial charge in [-0.2, -0.15) is 0 Å². The first-order valence-electron chi connectivity index (χ1n) is 12.4. The molecule has 8 heteroatoms. The standard InChI is InChI=1S/C29H29N3O5/c1-29(22-13-14-24-25(18-22)37-16-8-15-36-24)27(34)32(28(35)31-29)19-26(33)30-23(21-11-6-3-7-12-21)17-20-9-4-2-5-10-20/h2-7,9-14,18,23H,8,15-17,19H2,1H3,(H,30,33)(H,31,35). The van der Waals surface area contributed by atoms with Gasteiger partial charge < -0.3 is 20.1 Å². The normalized spacial score (nSPS) is 19.6. The number of nitrogens with zero attached hydrogens (tertiary/aromatic N) is 1. The number of nitrogens with one attached hydrogen (secondary N) is 2. The van der Waals surface area contributed by atoms with Crippen molar-refractivity contribution < 1.29 is 23.9 Å². The molecule has 0 aromatic heterocycles. The third-order valence-corrected chi connectivity index (χ3v) is 6.72. The monoisotopic (exact) mass is 499 g/mol. The Hall–Kier alpha value is -4.33. The van der Waals surface area contributed by atoms with Crippen LogP contribution in [-0.2, 0) is 21.5 Å². The Balaban J connectivity index is 1.32. The molecule has 4 amide bonds. The molecule has 190 valence electrons. The number of carbonyl (C=O) groups excluding carboxylic acids is 3. The van der Waals surface area contributed by atoms with Crippen LogP contribution < -0.4 is 20.1 Å². The second kappa shape index (κ2) is 10.3. The van der Waals surface area contributed by atoms with Gasteiger partial charge in [-0.05, 0) is 42.2 Å². The highest BCUT2D eigenvalue weighted by Crippen LogP contribution is 2.36. The fourth-order valence-corrected chi connectivity index (χ4v) is 4.68. The number of carbonyl (C=O) groups is 3. The zero-order valence-electron chi connectivity index (χ0n) is 20.6. The predicted molar refractivity (Wildman–Crippen MR) is 137 cm³/mol. The van der Waals surface area contributed by atoms with E-state index >= 15 is 0 Å². The fourth-order valence-electron chi connectivity index (χ4n) is 4.68. The maximum absolute atomic E-state index is 13.4. The number of amides is 4. The average Bonchev–Trinajstić information content (AvgIpc) is 3.07. The summed E-state index contributed by atoms with van der Waals surface area (Å²) in [7, 11) is 0. The Bertz CT molecular complexity index is 1300. The molecule has 3 aromatic carbocycles. The highest BCUT2D eigenvalue weighted by Gasteiger charge is 2.50. The van der Waals surface area contributed by atoms with Crippen LogP contribution in [0.5, 0.6) is 11.5 Å². The smallest absolute Gasteiger partial charge is 0.325 e. The quantitative estimate of drug-likeness (QED) is 0.483. The molecule has 2 aliphatic rings.